The van der Waals surface area contributed by atoms with Crippen molar-refractivity contribution in [2.45, 2.75) is 70.1 Å². The summed E-state index contributed by atoms with van der Waals surface area (Å²) in [7, 11) is -1.91. The van der Waals surface area contributed by atoms with Crippen LogP contribution in [0.2, 0.25) is 0 Å². The van der Waals surface area contributed by atoms with Gasteiger partial charge in [0.05, 0.1) is 0 Å². The molecule has 24 heavy (non-hydrogen) atoms. The predicted molar refractivity (Wildman–Crippen MR) is 90.0 cm³/mol. The molecule has 0 unspecified atom stereocenters. The van der Waals surface area contributed by atoms with Crippen molar-refractivity contribution in [2.75, 3.05) is 12.8 Å². The molecule has 0 saturated heterocycles. The predicted octanol–water partition coefficient (Wildman–Crippen LogP) is 2.12. The smallest absolute Gasteiger partial charge is 0.241 e. The van der Waals surface area contributed by atoms with E-state index in [0.29, 0.717) is 12.2 Å². The number of aromatic nitrogens is 2. The van der Waals surface area contributed by atoms with Crippen LogP contribution in [-0.2, 0) is 26.8 Å². The summed E-state index contributed by atoms with van der Waals surface area (Å²) in [6.45, 7) is 2.06. The number of hydrogen-bond donors (Lipinski definition) is 0. The Labute approximate surface area is 143 Å². The molecule has 8 heteroatoms. The summed E-state index contributed by atoms with van der Waals surface area (Å²) in [6, 6.07) is 0.158. The summed E-state index contributed by atoms with van der Waals surface area (Å²) in [4.78, 5) is 18.0. The van der Waals surface area contributed by atoms with Crippen molar-refractivity contribution in [3.05, 3.63) is 11.7 Å². The van der Waals surface area contributed by atoms with Gasteiger partial charge in [0.15, 0.2) is 15.7 Å². The standard InChI is InChI=1S/C16H27N3O4S/c1-3-4-10-14-17-15(23-18-14)11-24(21,22)12-16(20)19(2)13-8-6-5-7-9-13/h13H,3-12H2,1-2H3. The minimum atomic E-state index is -3.61. The lowest BCUT2D eigenvalue weighted by Gasteiger charge is -2.31. The Morgan fingerprint density at radius 1 is 1.29 bits per heavy atom. The van der Waals surface area contributed by atoms with Crippen LogP contribution < -0.4 is 0 Å². The van der Waals surface area contributed by atoms with Crippen molar-refractivity contribution in [2.24, 2.45) is 0 Å². The van der Waals surface area contributed by atoms with Crippen LogP contribution in [0.15, 0.2) is 4.52 Å². The van der Waals surface area contributed by atoms with Crippen LogP contribution in [0, 0.1) is 0 Å². The van der Waals surface area contributed by atoms with Gasteiger partial charge in [-0.05, 0) is 19.3 Å². The van der Waals surface area contributed by atoms with Crippen LogP contribution in [0.4, 0.5) is 0 Å². The Kier molecular flexibility index (Phi) is 6.77. The molecular formula is C16H27N3O4S. The fourth-order valence-corrected chi connectivity index (χ4v) is 4.16. The Morgan fingerprint density at radius 2 is 2.00 bits per heavy atom. The van der Waals surface area contributed by atoms with E-state index < -0.39 is 15.6 Å². The molecule has 7 nitrogen and oxygen atoms in total. The number of sulfone groups is 1. The lowest BCUT2D eigenvalue weighted by atomic mass is 9.94. The molecule has 0 aliphatic heterocycles. The van der Waals surface area contributed by atoms with Gasteiger partial charge >= 0.3 is 0 Å². The quantitative estimate of drug-likeness (QED) is 0.707. The van der Waals surface area contributed by atoms with Crippen molar-refractivity contribution in [1.29, 1.82) is 0 Å². The molecule has 0 atom stereocenters. The molecule has 1 heterocycles. The summed E-state index contributed by atoms with van der Waals surface area (Å²) in [6.07, 6.45) is 7.88. The Balaban J connectivity index is 1.90. The zero-order chi connectivity index (χ0) is 17.6. The lowest BCUT2D eigenvalue weighted by Crippen LogP contribution is -2.41. The van der Waals surface area contributed by atoms with E-state index in [9.17, 15) is 13.2 Å². The van der Waals surface area contributed by atoms with E-state index in [-0.39, 0.29) is 23.6 Å². The molecular weight excluding hydrogens is 330 g/mol. The van der Waals surface area contributed by atoms with Crippen molar-refractivity contribution in [3.8, 4) is 0 Å². The van der Waals surface area contributed by atoms with Crippen LogP contribution in [0.3, 0.4) is 0 Å². The first-order valence-corrected chi connectivity index (χ1v) is 10.5. The molecule has 0 bridgehead atoms. The van der Waals surface area contributed by atoms with Crippen molar-refractivity contribution in [1.82, 2.24) is 15.0 Å². The first kappa shape index (κ1) is 18.9. The van der Waals surface area contributed by atoms with Gasteiger partial charge in [-0.25, -0.2) is 8.42 Å². The maximum Gasteiger partial charge on any atom is 0.241 e. The van der Waals surface area contributed by atoms with Crippen molar-refractivity contribution >= 4 is 15.7 Å². The van der Waals surface area contributed by atoms with Crippen LogP contribution in [-0.4, -0.2) is 48.2 Å². The molecule has 136 valence electrons. The third-order valence-electron chi connectivity index (χ3n) is 4.47. The van der Waals surface area contributed by atoms with Gasteiger partial charge in [-0.15, -0.1) is 0 Å². The molecule has 1 fully saturated rings. The second kappa shape index (κ2) is 8.60. The zero-order valence-corrected chi connectivity index (χ0v) is 15.3. The highest BCUT2D eigenvalue weighted by Crippen LogP contribution is 2.22. The maximum atomic E-state index is 12.3. The minimum absolute atomic E-state index is 0.0641. The zero-order valence-electron chi connectivity index (χ0n) is 14.5. The van der Waals surface area contributed by atoms with E-state index in [1.54, 1.807) is 11.9 Å². The first-order chi connectivity index (χ1) is 11.4. The third-order valence-corrected chi connectivity index (χ3v) is 5.84. The number of nitrogens with zero attached hydrogens (tertiary/aromatic N) is 3. The van der Waals surface area contributed by atoms with Gasteiger partial charge in [0, 0.05) is 19.5 Å². The molecule has 1 saturated carbocycles. The number of carbonyl (C=O) groups is 1. The van der Waals surface area contributed by atoms with Gasteiger partial charge < -0.3 is 9.42 Å². The van der Waals surface area contributed by atoms with Gasteiger partial charge in [0.1, 0.15) is 11.5 Å². The second-order valence-electron chi connectivity index (χ2n) is 6.54. The molecule has 1 aromatic heterocycles. The summed E-state index contributed by atoms with van der Waals surface area (Å²) < 4.78 is 29.5. The summed E-state index contributed by atoms with van der Waals surface area (Å²) in [5.74, 6) is -0.655. The summed E-state index contributed by atoms with van der Waals surface area (Å²) in [5.41, 5.74) is 0. The normalized spacial score (nSPS) is 16.2. The Morgan fingerprint density at radius 3 is 2.67 bits per heavy atom. The molecule has 1 aliphatic rings. The number of carbonyl (C=O) groups excluding carboxylic acids is 1. The van der Waals surface area contributed by atoms with Gasteiger partial charge in [-0.3, -0.25) is 4.79 Å². The molecule has 1 amide bonds. The van der Waals surface area contributed by atoms with Gasteiger partial charge in [-0.2, -0.15) is 4.98 Å². The van der Waals surface area contributed by atoms with E-state index in [4.69, 9.17) is 4.52 Å². The molecule has 1 aliphatic carbocycles. The highest BCUT2D eigenvalue weighted by Gasteiger charge is 2.27. The molecule has 0 aromatic carbocycles. The first-order valence-electron chi connectivity index (χ1n) is 8.69. The fourth-order valence-electron chi connectivity index (χ4n) is 2.99. The van der Waals surface area contributed by atoms with Gasteiger partial charge in [0.2, 0.25) is 11.8 Å². The Hall–Kier alpha value is -1.44. The summed E-state index contributed by atoms with van der Waals surface area (Å²) in [5, 5.41) is 3.78. The SMILES string of the molecule is CCCCc1noc(CS(=O)(=O)CC(=O)N(C)C2CCCCC2)n1. The number of amides is 1. The lowest BCUT2D eigenvalue weighted by molar-refractivity contribution is -0.129. The fraction of sp³-hybridized carbons (Fsp3) is 0.812. The third kappa shape index (κ3) is 5.58. The van der Waals surface area contributed by atoms with E-state index in [1.165, 1.54) is 6.42 Å². The minimum Gasteiger partial charge on any atom is -0.342 e. The summed E-state index contributed by atoms with van der Waals surface area (Å²) >= 11 is 0. The highest BCUT2D eigenvalue weighted by molar-refractivity contribution is 7.91. The van der Waals surface area contributed by atoms with E-state index >= 15 is 0 Å². The van der Waals surface area contributed by atoms with E-state index in [0.717, 1.165) is 38.5 Å². The van der Waals surface area contributed by atoms with Crippen molar-refractivity contribution in [3.63, 3.8) is 0 Å². The van der Waals surface area contributed by atoms with E-state index in [1.807, 2.05) is 0 Å². The van der Waals surface area contributed by atoms with Crippen LogP contribution in [0.1, 0.15) is 63.6 Å². The monoisotopic (exact) mass is 357 g/mol. The van der Waals surface area contributed by atoms with Crippen LogP contribution >= 0.6 is 0 Å². The van der Waals surface area contributed by atoms with Gasteiger partial charge in [0.25, 0.3) is 0 Å². The van der Waals surface area contributed by atoms with Crippen molar-refractivity contribution < 1.29 is 17.7 Å². The molecule has 1 aromatic rings. The maximum absolute atomic E-state index is 12.3. The molecule has 0 radical (unpaired) electrons. The second-order valence-corrected chi connectivity index (χ2v) is 8.60. The highest BCUT2D eigenvalue weighted by atomic mass is 32.2. The van der Waals surface area contributed by atoms with Crippen LogP contribution in [0.5, 0.6) is 0 Å². The molecule has 2 rings (SSSR count). The topological polar surface area (TPSA) is 93.4 Å². The number of rotatable bonds is 8. The molecule has 0 N–H and O–H groups in total. The van der Waals surface area contributed by atoms with Gasteiger partial charge in [-0.1, -0.05) is 37.8 Å². The average Bonchev–Trinajstić information content (AvgIpc) is 2.99. The average molecular weight is 357 g/mol. The largest absolute Gasteiger partial charge is 0.342 e. The molecule has 0 spiro atoms. The number of aryl methyl sites for hydroxylation is 1. The van der Waals surface area contributed by atoms with E-state index in [2.05, 4.69) is 17.1 Å². The Bertz CT molecular complexity index is 636. The number of hydrogen-bond acceptors (Lipinski definition) is 6. The number of unbranched alkanes of at least 4 members (excludes halogenated alkanes) is 1. The van der Waals surface area contributed by atoms with Crippen LogP contribution in [0.25, 0.3) is 0 Å².